The van der Waals surface area contributed by atoms with E-state index in [9.17, 15) is 9.59 Å². The Hall–Kier alpha value is -1.96. The van der Waals surface area contributed by atoms with Crippen molar-refractivity contribution in [2.24, 2.45) is 11.8 Å². The van der Waals surface area contributed by atoms with Crippen LogP contribution in [0.5, 0.6) is 0 Å². The molecule has 2 aliphatic heterocycles. The molecule has 1 aromatic rings. The van der Waals surface area contributed by atoms with Gasteiger partial charge < -0.3 is 19.5 Å². The van der Waals surface area contributed by atoms with Gasteiger partial charge in [0.2, 0.25) is 5.91 Å². The van der Waals surface area contributed by atoms with Crippen molar-refractivity contribution in [1.29, 1.82) is 0 Å². The number of carbonyl (C=O) groups excluding carboxylic acids is 2. The van der Waals surface area contributed by atoms with Crippen LogP contribution in [0.4, 0.5) is 0 Å². The number of piperidine rings is 1. The van der Waals surface area contributed by atoms with E-state index in [-0.39, 0.29) is 23.7 Å². The fourth-order valence-corrected chi connectivity index (χ4v) is 3.89. The molecule has 1 aliphatic carbocycles. The number of esters is 1. The van der Waals surface area contributed by atoms with Crippen LogP contribution in [0.25, 0.3) is 0 Å². The smallest absolute Gasteiger partial charge is 0.309 e. The van der Waals surface area contributed by atoms with Crippen LogP contribution in [0, 0.1) is 11.8 Å². The molecule has 4 rings (SSSR count). The molecule has 1 amide bonds. The Labute approximate surface area is 140 Å². The Kier molecular flexibility index (Phi) is 3.99. The van der Waals surface area contributed by atoms with Gasteiger partial charge in [-0.3, -0.25) is 9.59 Å². The summed E-state index contributed by atoms with van der Waals surface area (Å²) < 4.78 is 6.96. The maximum absolute atomic E-state index is 12.5. The molecule has 1 aromatic heterocycles. The number of nitrogens with zero attached hydrogens (tertiary/aromatic N) is 4. The summed E-state index contributed by atoms with van der Waals surface area (Å²) in [5, 5.41) is 12.0. The van der Waals surface area contributed by atoms with Gasteiger partial charge in [-0.25, -0.2) is 0 Å². The average molecular weight is 333 g/mol. The minimum Gasteiger partial charge on any atom is -0.469 e. The van der Waals surface area contributed by atoms with E-state index in [1.807, 2.05) is 4.90 Å². The third-order valence-electron chi connectivity index (χ3n) is 5.43. The molecule has 0 radical (unpaired) electrons. The number of nitrogens with one attached hydrogen (secondary N) is 1. The molecule has 130 valence electrons. The highest BCUT2D eigenvalue weighted by molar-refractivity contribution is 5.90. The zero-order chi connectivity index (χ0) is 16.7. The van der Waals surface area contributed by atoms with Crippen molar-refractivity contribution in [3.8, 4) is 0 Å². The van der Waals surface area contributed by atoms with Crippen LogP contribution in [0.2, 0.25) is 0 Å². The number of carbonyl (C=O) groups is 2. The predicted molar refractivity (Wildman–Crippen MR) is 83.9 cm³/mol. The number of hydrogen-bond acceptors (Lipinski definition) is 6. The lowest BCUT2D eigenvalue weighted by Crippen LogP contribution is -2.40. The van der Waals surface area contributed by atoms with Gasteiger partial charge >= 0.3 is 5.97 Å². The molecule has 8 heteroatoms. The van der Waals surface area contributed by atoms with Crippen molar-refractivity contribution in [3.63, 3.8) is 0 Å². The monoisotopic (exact) mass is 333 g/mol. The van der Waals surface area contributed by atoms with Crippen LogP contribution in [0.15, 0.2) is 0 Å². The first-order valence-electron chi connectivity index (χ1n) is 8.68. The van der Waals surface area contributed by atoms with Gasteiger partial charge in [0.05, 0.1) is 25.5 Å². The number of rotatable bonds is 3. The Bertz CT molecular complexity index is 650. The first-order chi connectivity index (χ1) is 11.7. The first-order valence-corrected chi connectivity index (χ1v) is 8.68. The van der Waals surface area contributed by atoms with Crippen molar-refractivity contribution in [3.05, 3.63) is 11.6 Å². The summed E-state index contributed by atoms with van der Waals surface area (Å²) in [5.41, 5.74) is 0. The van der Waals surface area contributed by atoms with Crippen molar-refractivity contribution in [2.75, 3.05) is 26.7 Å². The molecule has 1 saturated heterocycles. The van der Waals surface area contributed by atoms with Crippen molar-refractivity contribution >= 4 is 11.9 Å². The maximum Gasteiger partial charge on any atom is 0.309 e. The van der Waals surface area contributed by atoms with Crippen LogP contribution in [0.3, 0.4) is 0 Å². The Morgan fingerprint density at radius 3 is 2.71 bits per heavy atom. The lowest BCUT2D eigenvalue weighted by molar-refractivity contribution is -0.145. The van der Waals surface area contributed by atoms with E-state index < -0.39 is 0 Å². The van der Waals surface area contributed by atoms with E-state index in [1.54, 1.807) is 0 Å². The molecule has 1 saturated carbocycles. The number of amides is 1. The van der Waals surface area contributed by atoms with Gasteiger partial charge in [-0.1, -0.05) is 0 Å². The van der Waals surface area contributed by atoms with E-state index in [2.05, 4.69) is 20.1 Å². The summed E-state index contributed by atoms with van der Waals surface area (Å²) in [6, 6.07) is 0. The summed E-state index contributed by atoms with van der Waals surface area (Å²) in [4.78, 5) is 25.9. The van der Waals surface area contributed by atoms with E-state index in [0.717, 1.165) is 57.2 Å². The number of likely N-dealkylation sites (tertiary alicyclic amines) is 1. The molecule has 1 N–H and O–H groups in total. The molecule has 0 bridgehead atoms. The van der Waals surface area contributed by atoms with E-state index >= 15 is 0 Å². The molecule has 24 heavy (non-hydrogen) atoms. The molecule has 0 aromatic carbocycles. The SMILES string of the molecule is COC(=O)C1CC1C(=O)N1CCC(c2nnc3n2CCNC3)CC1. The fraction of sp³-hybridized carbons (Fsp3) is 0.750. The molecule has 2 atom stereocenters. The maximum atomic E-state index is 12.5. The Morgan fingerprint density at radius 1 is 1.17 bits per heavy atom. The third-order valence-corrected chi connectivity index (χ3v) is 5.43. The lowest BCUT2D eigenvalue weighted by atomic mass is 9.95. The molecular weight excluding hydrogens is 310 g/mol. The quantitative estimate of drug-likeness (QED) is 0.777. The van der Waals surface area contributed by atoms with Gasteiger partial charge in [-0.05, 0) is 19.3 Å². The highest BCUT2D eigenvalue weighted by Crippen LogP contribution is 2.41. The molecule has 2 fully saturated rings. The third kappa shape index (κ3) is 2.68. The standard InChI is InChI=1S/C16H23N5O3/c1-24-16(23)12-8-11(12)15(22)20-5-2-10(3-6-20)14-19-18-13-9-17-4-7-21(13)14/h10-12,17H,2-9H2,1H3. The molecule has 3 aliphatic rings. The second kappa shape index (κ2) is 6.16. The highest BCUT2D eigenvalue weighted by atomic mass is 16.5. The number of aromatic nitrogens is 3. The Balaban J connectivity index is 1.35. The fourth-order valence-electron chi connectivity index (χ4n) is 3.89. The second-order valence-corrected chi connectivity index (χ2v) is 6.87. The van der Waals surface area contributed by atoms with Gasteiger partial charge in [0, 0.05) is 32.1 Å². The number of hydrogen-bond donors (Lipinski definition) is 1. The molecule has 3 heterocycles. The van der Waals surface area contributed by atoms with Gasteiger partial charge in [0.15, 0.2) is 0 Å². The first kappa shape index (κ1) is 15.6. The predicted octanol–water partition coefficient (Wildman–Crippen LogP) is -0.104. The summed E-state index contributed by atoms with van der Waals surface area (Å²) in [7, 11) is 1.38. The molecule has 8 nitrogen and oxygen atoms in total. The summed E-state index contributed by atoms with van der Waals surface area (Å²) in [6.07, 6.45) is 2.45. The van der Waals surface area contributed by atoms with Crippen LogP contribution in [-0.2, 0) is 27.4 Å². The van der Waals surface area contributed by atoms with Crippen molar-refractivity contribution < 1.29 is 14.3 Å². The minimum atomic E-state index is -0.257. The molecule has 2 unspecified atom stereocenters. The largest absolute Gasteiger partial charge is 0.469 e. The number of fused-ring (bicyclic) bond motifs is 1. The zero-order valence-electron chi connectivity index (χ0n) is 13.9. The molecule has 0 spiro atoms. The van der Waals surface area contributed by atoms with Gasteiger partial charge in [0.25, 0.3) is 0 Å². The van der Waals surface area contributed by atoms with Gasteiger partial charge in [-0.2, -0.15) is 0 Å². The van der Waals surface area contributed by atoms with Crippen molar-refractivity contribution in [1.82, 2.24) is 25.0 Å². The van der Waals surface area contributed by atoms with Crippen molar-refractivity contribution in [2.45, 2.75) is 38.3 Å². The van der Waals surface area contributed by atoms with E-state index in [0.29, 0.717) is 12.3 Å². The Morgan fingerprint density at radius 2 is 1.96 bits per heavy atom. The second-order valence-electron chi connectivity index (χ2n) is 6.87. The highest BCUT2D eigenvalue weighted by Gasteiger charge is 2.50. The van der Waals surface area contributed by atoms with Gasteiger partial charge in [-0.15, -0.1) is 10.2 Å². The topological polar surface area (TPSA) is 89.4 Å². The van der Waals surface area contributed by atoms with Crippen LogP contribution in [0.1, 0.15) is 36.8 Å². The normalized spacial score (nSPS) is 26.8. The summed E-state index contributed by atoms with van der Waals surface area (Å²) in [6.45, 7) is 4.11. The number of methoxy groups -OCH3 is 1. The van der Waals surface area contributed by atoms with Crippen LogP contribution < -0.4 is 5.32 Å². The van der Waals surface area contributed by atoms with Gasteiger partial charge in [0.1, 0.15) is 11.6 Å². The lowest BCUT2D eigenvalue weighted by Gasteiger charge is -2.32. The van der Waals surface area contributed by atoms with Crippen LogP contribution >= 0.6 is 0 Å². The average Bonchev–Trinajstić information content (AvgIpc) is 3.32. The number of ether oxygens (including phenoxy) is 1. The summed E-state index contributed by atoms with van der Waals surface area (Å²) >= 11 is 0. The summed E-state index contributed by atoms with van der Waals surface area (Å²) in [5.74, 6) is 1.90. The molecular formula is C16H23N5O3. The van der Waals surface area contributed by atoms with E-state index in [4.69, 9.17) is 4.74 Å². The zero-order valence-corrected chi connectivity index (χ0v) is 13.9. The van der Waals surface area contributed by atoms with E-state index in [1.165, 1.54) is 7.11 Å². The minimum absolute atomic E-state index is 0.108. The van der Waals surface area contributed by atoms with Crippen LogP contribution in [-0.4, -0.2) is 58.3 Å².